The van der Waals surface area contributed by atoms with Gasteiger partial charge in [0, 0.05) is 27.1 Å². The Morgan fingerprint density at radius 1 is 1.53 bits per heavy atom. The third-order valence-corrected chi connectivity index (χ3v) is 5.12. The zero-order valence-corrected chi connectivity index (χ0v) is 12.8. The second-order valence-electron chi connectivity index (χ2n) is 4.19. The van der Waals surface area contributed by atoms with Crippen molar-refractivity contribution in [2.75, 3.05) is 13.7 Å². The molecule has 2 rings (SSSR count). The van der Waals surface area contributed by atoms with Crippen molar-refractivity contribution in [1.29, 1.82) is 0 Å². The van der Waals surface area contributed by atoms with Crippen molar-refractivity contribution >= 4 is 27.7 Å². The van der Waals surface area contributed by atoms with Crippen molar-refractivity contribution in [3.63, 3.8) is 0 Å². The number of hydrogen-bond donors (Lipinski definition) is 1. The molecular formula is C13H18BrNOS. The van der Waals surface area contributed by atoms with Gasteiger partial charge in [-0.15, -0.1) is 0 Å². The van der Waals surface area contributed by atoms with Gasteiger partial charge in [0.05, 0.1) is 7.11 Å². The average Bonchev–Trinajstić information content (AvgIpc) is 2.33. The number of thioether (sulfide) groups is 1. The van der Waals surface area contributed by atoms with Gasteiger partial charge in [0.2, 0.25) is 0 Å². The lowest BCUT2D eigenvalue weighted by Crippen LogP contribution is -2.32. The molecule has 2 nitrogen and oxygen atoms in total. The van der Waals surface area contributed by atoms with Gasteiger partial charge >= 0.3 is 0 Å². The minimum absolute atomic E-state index is 0.401. The van der Waals surface area contributed by atoms with E-state index in [1.54, 1.807) is 7.11 Å². The monoisotopic (exact) mass is 315 g/mol. The lowest BCUT2D eigenvalue weighted by atomic mass is 9.97. The predicted octanol–water partition coefficient (Wildman–Crippen LogP) is 3.74. The van der Waals surface area contributed by atoms with Gasteiger partial charge in [-0.2, -0.15) is 11.8 Å². The van der Waals surface area contributed by atoms with Crippen LogP contribution in [-0.4, -0.2) is 18.9 Å². The molecular weight excluding hydrogens is 298 g/mol. The zero-order valence-electron chi connectivity index (χ0n) is 10.4. The molecule has 2 atom stereocenters. The zero-order chi connectivity index (χ0) is 12.4. The van der Waals surface area contributed by atoms with E-state index >= 15 is 0 Å². The Balaban J connectivity index is 2.50. The number of ether oxygens (including phenoxy) is 1. The van der Waals surface area contributed by atoms with Gasteiger partial charge in [-0.25, -0.2) is 0 Å². The average molecular weight is 316 g/mol. The molecule has 0 saturated carbocycles. The summed E-state index contributed by atoms with van der Waals surface area (Å²) in [6.07, 6.45) is 0. The van der Waals surface area contributed by atoms with E-state index in [9.17, 15) is 0 Å². The second-order valence-corrected chi connectivity index (χ2v) is 6.41. The Kier molecular flexibility index (Phi) is 4.39. The van der Waals surface area contributed by atoms with Crippen LogP contribution in [0.2, 0.25) is 0 Å². The van der Waals surface area contributed by atoms with E-state index in [0.29, 0.717) is 11.3 Å². The molecule has 4 heteroatoms. The summed E-state index contributed by atoms with van der Waals surface area (Å²) in [6, 6.07) is 4.53. The van der Waals surface area contributed by atoms with E-state index in [1.807, 2.05) is 17.8 Å². The lowest BCUT2D eigenvalue weighted by Gasteiger charge is -2.33. The first-order chi connectivity index (χ1) is 8.19. The number of halogens is 1. The van der Waals surface area contributed by atoms with Crippen molar-refractivity contribution in [2.45, 2.75) is 30.9 Å². The fraction of sp³-hybridized carbons (Fsp3) is 0.538. The third-order valence-electron chi connectivity index (χ3n) is 3.18. The molecule has 0 radical (unpaired) electrons. The normalized spacial score (nSPS) is 23.3. The fourth-order valence-electron chi connectivity index (χ4n) is 2.33. The molecule has 17 heavy (non-hydrogen) atoms. The van der Waals surface area contributed by atoms with Crippen molar-refractivity contribution in [1.82, 2.24) is 5.32 Å². The maximum atomic E-state index is 5.47. The number of benzene rings is 1. The summed E-state index contributed by atoms with van der Waals surface area (Å²) in [7, 11) is 1.74. The Morgan fingerprint density at radius 2 is 2.29 bits per heavy atom. The summed E-state index contributed by atoms with van der Waals surface area (Å²) in [5.41, 5.74) is 2.70. The number of rotatable bonds is 3. The van der Waals surface area contributed by atoms with Crippen LogP contribution < -0.4 is 10.1 Å². The highest BCUT2D eigenvalue weighted by molar-refractivity contribution is 9.10. The van der Waals surface area contributed by atoms with E-state index in [1.165, 1.54) is 15.6 Å². The summed E-state index contributed by atoms with van der Waals surface area (Å²) in [5, 5.41) is 4.16. The molecule has 0 fully saturated rings. The summed E-state index contributed by atoms with van der Waals surface area (Å²) in [6.45, 7) is 5.42. The standard InChI is InChI=1S/C13H18BrNOS/c1-4-15-13-8(2)17-7-9-11(16-3)6-5-10(14)12(9)13/h5-6,8,13,15H,4,7H2,1-3H3. The van der Waals surface area contributed by atoms with Crippen LogP contribution in [0.5, 0.6) is 5.75 Å². The second kappa shape index (κ2) is 5.63. The van der Waals surface area contributed by atoms with E-state index in [2.05, 4.69) is 41.2 Å². The molecule has 1 N–H and O–H groups in total. The minimum Gasteiger partial charge on any atom is -0.496 e. The van der Waals surface area contributed by atoms with Crippen LogP contribution >= 0.6 is 27.7 Å². The summed E-state index contributed by atoms with van der Waals surface area (Å²) in [5.74, 6) is 2.03. The topological polar surface area (TPSA) is 21.3 Å². The summed E-state index contributed by atoms with van der Waals surface area (Å²) >= 11 is 5.66. The molecule has 0 aromatic heterocycles. The number of hydrogen-bond acceptors (Lipinski definition) is 3. The van der Waals surface area contributed by atoms with Crippen molar-refractivity contribution in [3.05, 3.63) is 27.7 Å². The van der Waals surface area contributed by atoms with E-state index in [4.69, 9.17) is 4.74 Å². The summed E-state index contributed by atoms with van der Waals surface area (Å²) < 4.78 is 6.65. The third kappa shape index (κ3) is 2.49. The van der Waals surface area contributed by atoms with Gasteiger partial charge in [-0.05, 0) is 24.2 Å². The molecule has 2 unspecified atom stereocenters. The van der Waals surface area contributed by atoms with Crippen LogP contribution in [0.1, 0.15) is 31.0 Å². The molecule has 1 aromatic carbocycles. The van der Waals surface area contributed by atoms with E-state index in [-0.39, 0.29) is 0 Å². The molecule has 0 amide bonds. The van der Waals surface area contributed by atoms with Crippen molar-refractivity contribution in [3.8, 4) is 5.75 Å². The van der Waals surface area contributed by atoms with Crippen LogP contribution in [0.15, 0.2) is 16.6 Å². The Morgan fingerprint density at radius 3 is 2.94 bits per heavy atom. The first-order valence-corrected chi connectivity index (χ1v) is 7.73. The highest BCUT2D eigenvalue weighted by atomic mass is 79.9. The molecule has 1 heterocycles. The largest absolute Gasteiger partial charge is 0.496 e. The fourth-order valence-corrected chi connectivity index (χ4v) is 4.10. The van der Waals surface area contributed by atoms with Crippen LogP contribution in [-0.2, 0) is 5.75 Å². The van der Waals surface area contributed by atoms with Crippen LogP contribution in [0.25, 0.3) is 0 Å². The first kappa shape index (κ1) is 13.2. The van der Waals surface area contributed by atoms with Crippen LogP contribution in [0, 0.1) is 0 Å². The molecule has 1 aromatic rings. The molecule has 0 bridgehead atoms. The Hall–Kier alpha value is -0.190. The number of nitrogens with one attached hydrogen (secondary N) is 1. The minimum atomic E-state index is 0.401. The van der Waals surface area contributed by atoms with Gasteiger partial charge in [0.1, 0.15) is 5.75 Å². The van der Waals surface area contributed by atoms with E-state index < -0.39 is 0 Å². The van der Waals surface area contributed by atoms with Crippen molar-refractivity contribution < 1.29 is 4.74 Å². The predicted molar refractivity (Wildman–Crippen MR) is 77.9 cm³/mol. The quantitative estimate of drug-likeness (QED) is 0.918. The van der Waals surface area contributed by atoms with Gasteiger partial charge < -0.3 is 10.1 Å². The van der Waals surface area contributed by atoms with Crippen LogP contribution in [0.4, 0.5) is 0 Å². The Bertz CT molecular complexity index is 411. The number of fused-ring (bicyclic) bond motifs is 1. The SMILES string of the molecule is CCNC1c2c(Br)ccc(OC)c2CSC1C. The van der Waals surface area contributed by atoms with Crippen LogP contribution in [0.3, 0.4) is 0 Å². The molecule has 94 valence electrons. The van der Waals surface area contributed by atoms with Gasteiger partial charge in [-0.1, -0.05) is 29.8 Å². The molecule has 0 aliphatic carbocycles. The number of methoxy groups -OCH3 is 1. The highest BCUT2D eigenvalue weighted by Crippen LogP contribution is 2.44. The van der Waals surface area contributed by atoms with E-state index in [0.717, 1.165) is 18.0 Å². The smallest absolute Gasteiger partial charge is 0.123 e. The highest BCUT2D eigenvalue weighted by Gasteiger charge is 2.30. The molecule has 0 saturated heterocycles. The Labute approximate surface area is 116 Å². The maximum Gasteiger partial charge on any atom is 0.123 e. The summed E-state index contributed by atoms with van der Waals surface area (Å²) in [4.78, 5) is 0. The maximum absolute atomic E-state index is 5.47. The molecule has 1 aliphatic heterocycles. The molecule has 1 aliphatic rings. The van der Waals surface area contributed by atoms with Crippen molar-refractivity contribution in [2.24, 2.45) is 0 Å². The van der Waals surface area contributed by atoms with Gasteiger partial charge in [-0.3, -0.25) is 0 Å². The van der Waals surface area contributed by atoms with Gasteiger partial charge in [0.25, 0.3) is 0 Å². The van der Waals surface area contributed by atoms with Gasteiger partial charge in [0.15, 0.2) is 0 Å². The molecule has 0 spiro atoms. The lowest BCUT2D eigenvalue weighted by molar-refractivity contribution is 0.408. The first-order valence-electron chi connectivity index (χ1n) is 5.89.